The van der Waals surface area contributed by atoms with Crippen molar-refractivity contribution in [3.05, 3.63) is 490 Å². The molecular formula is C122H106Br2Cl5F5N14. The second-order valence-corrected chi connectivity index (χ2v) is 42.7. The van der Waals surface area contributed by atoms with Crippen LogP contribution in [-0.2, 0) is 57.8 Å². The van der Waals surface area contributed by atoms with Crippen molar-refractivity contribution < 1.29 is 22.0 Å². The zero-order chi connectivity index (χ0) is 101. The number of nitrogens with one attached hydrogen (secondary N) is 14. The number of aryl methyl sites for hydroxylation is 1. The first-order valence-corrected chi connectivity index (χ1v) is 53.7. The molecule has 7 aliphatic heterocycles. The second kappa shape index (κ2) is 44.4. The number of rotatable bonds is 9. The van der Waals surface area contributed by atoms with E-state index in [1.165, 1.54) is 130 Å². The Bertz CT molecular complexity index is 7950. The van der Waals surface area contributed by atoms with Gasteiger partial charge in [-0.15, -0.1) is 0 Å². The predicted octanol–water partition coefficient (Wildman–Crippen LogP) is 30.0. The molecule has 0 saturated carbocycles. The first kappa shape index (κ1) is 100. The Morgan fingerprint density at radius 1 is 0.243 bits per heavy atom. The molecule has 7 atom stereocenters. The van der Waals surface area contributed by atoms with Crippen LogP contribution in [0.15, 0.2) is 312 Å². The molecule has 14 aromatic carbocycles. The van der Waals surface area contributed by atoms with Crippen LogP contribution >= 0.6 is 89.9 Å². The lowest BCUT2D eigenvalue weighted by Crippen LogP contribution is -2.31. The van der Waals surface area contributed by atoms with E-state index < -0.39 is 0 Å². The third-order valence-corrected chi connectivity index (χ3v) is 31.7. The number of hydrogen-bond donors (Lipinski definition) is 14. The molecular weight excluding hydrogens is 2090 g/mol. The minimum absolute atomic E-state index is 0.0380. The van der Waals surface area contributed by atoms with Crippen molar-refractivity contribution in [3.63, 3.8) is 0 Å². The highest BCUT2D eigenvalue weighted by atomic mass is 79.9. The highest BCUT2D eigenvalue weighted by molar-refractivity contribution is 9.10. The fraction of sp³-hybridized carbons (Fsp3) is 0.197. The molecule has 148 heavy (non-hydrogen) atoms. The van der Waals surface area contributed by atoms with Crippen LogP contribution in [-0.4, -0.2) is 80.7 Å². The molecule has 26 heteroatoms. The first-order chi connectivity index (χ1) is 72.1. The van der Waals surface area contributed by atoms with E-state index in [0.717, 1.165) is 227 Å². The molecule has 14 heterocycles. The van der Waals surface area contributed by atoms with Crippen molar-refractivity contribution in [3.8, 4) is 0 Å². The van der Waals surface area contributed by atoms with E-state index in [9.17, 15) is 22.0 Å². The second-order valence-electron chi connectivity index (χ2n) is 38.8. The van der Waals surface area contributed by atoms with E-state index in [1.807, 2.05) is 91.0 Å². The van der Waals surface area contributed by atoms with Crippen molar-refractivity contribution in [2.45, 2.75) is 107 Å². The summed E-state index contributed by atoms with van der Waals surface area (Å²) < 4.78 is 69.8. The number of aromatic amines is 7. The summed E-state index contributed by atoms with van der Waals surface area (Å²) in [6.45, 7) is 8.53. The van der Waals surface area contributed by atoms with E-state index in [-0.39, 0.29) is 59.3 Å². The SMILES string of the molecule is Brc1ccc2[nH]c3c(c2c1)CCNC3Cc1ccccc1.Cc1ccc(C2NCCc3c2[nH]c2ccc(F)cc32)cc1.Clc1ccc2[nH]c3c(c2c1)CCNC3Cc1ccccc1.Fc1ccc2[nH]c3c(c2c1)CCNC3c1ccc(Br)cc1.Fc1ccc2[nH]c3c(c2c1)CCNC3c1ccc(Cl)cc1.Fc1ccc2[nH]c3c(c2c1)CCNC3c1ccc(Cl)cc1Cl.Fc1ccc2[nH]c3c(c2c1)CCNC3c1cccc(Cl)c1. The van der Waals surface area contributed by atoms with Crippen molar-refractivity contribution >= 4 is 166 Å². The highest BCUT2D eigenvalue weighted by Crippen LogP contribution is 2.44. The number of halogens is 12. The molecule has 28 rings (SSSR count). The van der Waals surface area contributed by atoms with Gasteiger partial charge in [0.2, 0.25) is 0 Å². The molecule has 0 saturated heterocycles. The Kier molecular flexibility index (Phi) is 30.1. The molecule has 0 spiro atoms. The van der Waals surface area contributed by atoms with E-state index in [2.05, 4.69) is 244 Å². The van der Waals surface area contributed by atoms with Crippen LogP contribution < -0.4 is 37.2 Å². The van der Waals surface area contributed by atoms with Crippen LogP contribution in [0.5, 0.6) is 0 Å². The first-order valence-electron chi connectivity index (χ1n) is 50.2. The maximum Gasteiger partial charge on any atom is 0.123 e. The van der Waals surface area contributed by atoms with Crippen LogP contribution in [0.1, 0.15) is 166 Å². The standard InChI is InChI=1S/C18H17BrN2.C18H17ClN2.C18H17FN2.C17H14BrFN2.C17H13Cl2FN2.2C17H14ClFN2/c2*19-13-6-7-16-15(11-13)14-8-9-20-17(18(14)21-16)10-12-4-2-1-3-5-12;1-11-2-4-12(5-3-11)17-18-14(8-9-20-17)15-10-13(19)6-7-16(15)21-18;18-11-3-1-10(2-4-11)16-17-13(7-8-20-16)14-9-12(19)5-6-15(14)21-17;18-9-1-3-12(14(19)7-9)16-17-11(5-6-21-16)13-8-10(20)2-4-15(13)22-17;18-11-3-1-10(2-4-11)16-17-13(7-8-20-16)14-9-12(19)5-6-15(14)21-17;18-11-3-1-2-10(8-11)16-17-13(6-7-20-16)14-9-12(19)4-5-15(14)21-17/h2*1-7,11,17,20-21H,8-10H2;2-7,10,17,20-21H,8-9H2,1H3;1-6,9,16,20-21H,7-8H2;1-4,7-8,16,21-22H,5-6H2;1-6,9,16,20-21H,7-8H2;1-5,8-9,16,20-21H,6-7H2. The Hall–Kier alpha value is -12.4. The molecule has 7 aliphatic rings. The van der Waals surface area contributed by atoms with Crippen molar-refractivity contribution in [2.24, 2.45) is 0 Å². The number of H-pyrrole nitrogens is 7. The number of fused-ring (bicyclic) bond motifs is 21. The molecule has 0 fully saturated rings. The van der Waals surface area contributed by atoms with Crippen molar-refractivity contribution in [1.29, 1.82) is 0 Å². The third kappa shape index (κ3) is 21.6. The number of hydrogen-bond acceptors (Lipinski definition) is 7. The van der Waals surface area contributed by atoms with Crippen LogP contribution in [0.3, 0.4) is 0 Å². The van der Waals surface area contributed by atoms with Crippen LogP contribution in [0.4, 0.5) is 22.0 Å². The zero-order valence-corrected chi connectivity index (χ0v) is 87.7. The molecule has 14 N–H and O–H groups in total. The van der Waals surface area contributed by atoms with Crippen LogP contribution in [0, 0.1) is 36.0 Å². The molecule has 14 nitrogen and oxygen atoms in total. The van der Waals surface area contributed by atoms with Gasteiger partial charge in [0, 0.05) is 183 Å². The van der Waals surface area contributed by atoms with Gasteiger partial charge in [-0.05, 0) is 332 Å². The Morgan fingerprint density at radius 3 is 0.926 bits per heavy atom. The van der Waals surface area contributed by atoms with E-state index in [1.54, 1.807) is 48.5 Å². The molecule has 21 aromatic rings. The Morgan fingerprint density at radius 2 is 0.534 bits per heavy atom. The average molecular weight is 2200 g/mol. The minimum Gasteiger partial charge on any atom is -0.357 e. The lowest BCUT2D eigenvalue weighted by molar-refractivity contribution is 0.495. The lowest BCUT2D eigenvalue weighted by atomic mass is 9.94. The minimum atomic E-state index is -0.214. The van der Waals surface area contributed by atoms with E-state index >= 15 is 0 Å². The summed E-state index contributed by atoms with van der Waals surface area (Å²) in [7, 11) is 0. The summed E-state index contributed by atoms with van der Waals surface area (Å²) in [4.78, 5) is 24.5. The summed E-state index contributed by atoms with van der Waals surface area (Å²) in [6, 6.07) is 97.9. The van der Waals surface area contributed by atoms with Gasteiger partial charge >= 0.3 is 0 Å². The summed E-state index contributed by atoms with van der Waals surface area (Å²) >= 11 is 37.6. The van der Waals surface area contributed by atoms with Gasteiger partial charge in [-0.3, -0.25) is 0 Å². The molecule has 0 aliphatic carbocycles. The van der Waals surface area contributed by atoms with Gasteiger partial charge in [0.1, 0.15) is 29.1 Å². The normalized spacial score (nSPS) is 17.9. The molecule has 748 valence electrons. The lowest BCUT2D eigenvalue weighted by Gasteiger charge is -2.25. The molecule has 0 bridgehead atoms. The topological polar surface area (TPSA) is 195 Å². The van der Waals surface area contributed by atoms with Gasteiger partial charge in [0.15, 0.2) is 0 Å². The highest BCUT2D eigenvalue weighted by Gasteiger charge is 2.34. The summed E-state index contributed by atoms with van der Waals surface area (Å²) in [6.07, 6.45) is 8.71. The van der Waals surface area contributed by atoms with Crippen LogP contribution in [0.2, 0.25) is 25.1 Å². The third-order valence-electron chi connectivity index (χ3n) is 29.4. The van der Waals surface area contributed by atoms with Crippen molar-refractivity contribution in [2.75, 3.05) is 45.8 Å². The summed E-state index contributed by atoms with van der Waals surface area (Å²) in [5, 5.41) is 36.0. The molecule has 0 amide bonds. The summed E-state index contributed by atoms with van der Waals surface area (Å²) in [5.74, 6) is -0.945. The average Bonchev–Trinajstić information content (AvgIpc) is 1.61. The van der Waals surface area contributed by atoms with Crippen LogP contribution in [0.25, 0.3) is 76.3 Å². The van der Waals surface area contributed by atoms with Gasteiger partial charge in [-0.25, -0.2) is 22.0 Å². The molecule has 7 unspecified atom stereocenters. The van der Waals surface area contributed by atoms with Gasteiger partial charge in [0.25, 0.3) is 0 Å². The smallest absolute Gasteiger partial charge is 0.123 e. The van der Waals surface area contributed by atoms with E-state index in [4.69, 9.17) is 58.0 Å². The number of aromatic nitrogens is 7. The maximum absolute atomic E-state index is 13.5. The van der Waals surface area contributed by atoms with Crippen molar-refractivity contribution in [1.82, 2.24) is 72.1 Å². The van der Waals surface area contributed by atoms with Gasteiger partial charge in [-0.2, -0.15) is 0 Å². The molecule has 7 aromatic heterocycles. The summed E-state index contributed by atoms with van der Waals surface area (Å²) in [5.41, 5.74) is 34.3. The fourth-order valence-corrected chi connectivity index (χ4v) is 24.1. The Labute approximate surface area is 895 Å². The van der Waals surface area contributed by atoms with E-state index in [0.29, 0.717) is 22.1 Å². The quantitative estimate of drug-likeness (QED) is 0.0632. The number of benzene rings is 14. The monoisotopic (exact) mass is 2190 g/mol. The largest absolute Gasteiger partial charge is 0.357 e. The predicted molar refractivity (Wildman–Crippen MR) is 602 cm³/mol. The van der Waals surface area contributed by atoms with Gasteiger partial charge in [-0.1, -0.05) is 223 Å². The zero-order valence-electron chi connectivity index (χ0n) is 80.8. The maximum atomic E-state index is 13.5. The fourth-order valence-electron chi connectivity index (χ4n) is 22.5. The Balaban J connectivity index is 0.0000000979. The molecule has 0 radical (unpaired) electrons. The van der Waals surface area contributed by atoms with Gasteiger partial charge < -0.3 is 72.1 Å². The van der Waals surface area contributed by atoms with Gasteiger partial charge in [0.05, 0.1) is 42.3 Å².